The van der Waals surface area contributed by atoms with Gasteiger partial charge >= 0.3 is 6.03 Å². The molecule has 0 atom stereocenters. The fourth-order valence-corrected chi connectivity index (χ4v) is 3.18. The van der Waals surface area contributed by atoms with Crippen molar-refractivity contribution >= 4 is 40.9 Å². The first-order chi connectivity index (χ1) is 12.0. The zero-order valence-electron chi connectivity index (χ0n) is 14.2. The molecule has 7 heteroatoms. The molecule has 2 saturated carbocycles. The van der Waals surface area contributed by atoms with E-state index in [1.807, 2.05) is 0 Å². The number of carbonyl (C=O) groups is 1. The maximum atomic E-state index is 12.6. The Morgan fingerprint density at radius 2 is 1.76 bits per heavy atom. The lowest BCUT2D eigenvalue weighted by Crippen LogP contribution is -2.48. The molecule has 0 radical (unpaired) electrons. The number of urea groups is 1. The monoisotopic (exact) mass is 382 g/mol. The fraction of sp³-hybridized carbons (Fsp3) is 0.556. The molecule has 0 unspecified atom stereocenters. The van der Waals surface area contributed by atoms with Gasteiger partial charge in [-0.05, 0) is 36.8 Å². The molecule has 2 aliphatic carbocycles. The molecule has 2 fully saturated rings. The van der Waals surface area contributed by atoms with E-state index in [2.05, 4.69) is 10.3 Å². The van der Waals surface area contributed by atoms with Crippen LogP contribution in [0.3, 0.4) is 0 Å². The standard InChI is InChI=1S/C18H24Cl2N4O/c19-14-2-1-3-15(20)16(14)23-17(21)24(11-9-13-6-7-13)18(25)22-10-8-12-4-5-12/h1-3,12-13H,4-11H2,(H2,21,23)(H,22,25). The summed E-state index contributed by atoms with van der Waals surface area (Å²) < 4.78 is 0. The van der Waals surface area contributed by atoms with Crippen LogP contribution in [-0.2, 0) is 0 Å². The summed E-state index contributed by atoms with van der Waals surface area (Å²) in [7, 11) is 0. The second-order valence-electron chi connectivity index (χ2n) is 6.89. The number of nitrogens with zero attached hydrogens (tertiary/aromatic N) is 2. The number of rotatable bonds is 7. The van der Waals surface area contributed by atoms with Crippen molar-refractivity contribution in [2.75, 3.05) is 13.1 Å². The number of halogens is 2. The maximum Gasteiger partial charge on any atom is 0.324 e. The van der Waals surface area contributed by atoms with Crippen LogP contribution in [0.4, 0.5) is 10.5 Å². The van der Waals surface area contributed by atoms with Gasteiger partial charge in [-0.3, -0.25) is 4.90 Å². The number of guanidine groups is 1. The summed E-state index contributed by atoms with van der Waals surface area (Å²) in [5, 5.41) is 3.77. The molecule has 0 spiro atoms. The van der Waals surface area contributed by atoms with Crippen LogP contribution in [0, 0.1) is 11.8 Å². The zero-order chi connectivity index (χ0) is 17.8. The van der Waals surface area contributed by atoms with Crippen molar-refractivity contribution in [1.29, 1.82) is 0 Å². The Hall–Kier alpha value is -1.46. The van der Waals surface area contributed by atoms with E-state index in [1.54, 1.807) is 18.2 Å². The molecule has 0 aliphatic heterocycles. The Kier molecular flexibility index (Phi) is 6.07. The van der Waals surface area contributed by atoms with Gasteiger partial charge < -0.3 is 11.1 Å². The Morgan fingerprint density at radius 1 is 1.16 bits per heavy atom. The molecule has 0 bridgehead atoms. The molecule has 0 saturated heterocycles. The van der Waals surface area contributed by atoms with Crippen LogP contribution in [0.5, 0.6) is 0 Å². The van der Waals surface area contributed by atoms with E-state index in [0.717, 1.165) is 18.8 Å². The minimum absolute atomic E-state index is 0.125. The highest BCUT2D eigenvalue weighted by atomic mass is 35.5. The molecule has 2 amide bonds. The van der Waals surface area contributed by atoms with Gasteiger partial charge in [0.1, 0.15) is 5.69 Å². The molecule has 2 aliphatic rings. The third kappa shape index (κ3) is 5.51. The van der Waals surface area contributed by atoms with Crippen molar-refractivity contribution in [3.05, 3.63) is 28.2 Å². The predicted molar refractivity (Wildman–Crippen MR) is 103 cm³/mol. The second kappa shape index (κ2) is 8.28. The summed E-state index contributed by atoms with van der Waals surface area (Å²) >= 11 is 12.3. The average Bonchev–Trinajstić information content (AvgIpc) is 3.45. The Morgan fingerprint density at radius 3 is 2.36 bits per heavy atom. The summed E-state index contributed by atoms with van der Waals surface area (Å²) in [6, 6.07) is 4.94. The number of carbonyl (C=O) groups excluding carboxylic acids is 1. The number of nitrogens with two attached hydrogens (primary N) is 1. The molecule has 1 aromatic carbocycles. The topological polar surface area (TPSA) is 70.7 Å². The fourth-order valence-electron chi connectivity index (χ4n) is 2.69. The summed E-state index contributed by atoms with van der Waals surface area (Å²) in [5.41, 5.74) is 6.53. The molecule has 5 nitrogen and oxygen atoms in total. The second-order valence-corrected chi connectivity index (χ2v) is 7.70. The van der Waals surface area contributed by atoms with E-state index in [-0.39, 0.29) is 12.0 Å². The molecule has 3 N–H and O–H groups in total. The first-order valence-corrected chi connectivity index (χ1v) is 9.63. The third-order valence-corrected chi connectivity index (χ3v) is 5.28. The van der Waals surface area contributed by atoms with Crippen molar-refractivity contribution in [3.63, 3.8) is 0 Å². The Bertz CT molecular complexity index is 636. The van der Waals surface area contributed by atoms with Gasteiger partial charge in [0.2, 0.25) is 5.96 Å². The van der Waals surface area contributed by atoms with Gasteiger partial charge in [0, 0.05) is 13.1 Å². The minimum atomic E-state index is -0.203. The third-order valence-electron chi connectivity index (χ3n) is 4.67. The summed E-state index contributed by atoms with van der Waals surface area (Å²) in [5.74, 6) is 1.59. The first-order valence-electron chi connectivity index (χ1n) is 8.88. The number of hydrogen-bond acceptors (Lipinski definition) is 2. The lowest BCUT2D eigenvalue weighted by atomic mass is 10.3. The first kappa shape index (κ1) is 18.3. The van der Waals surface area contributed by atoms with Crippen LogP contribution in [0.25, 0.3) is 0 Å². The molecule has 136 valence electrons. The minimum Gasteiger partial charge on any atom is -0.369 e. The van der Waals surface area contributed by atoms with E-state index in [1.165, 1.54) is 30.6 Å². The van der Waals surface area contributed by atoms with E-state index < -0.39 is 0 Å². The highest BCUT2D eigenvalue weighted by molar-refractivity contribution is 6.38. The molecular formula is C18H24Cl2N4O. The summed E-state index contributed by atoms with van der Waals surface area (Å²) in [6.07, 6.45) is 6.96. The van der Waals surface area contributed by atoms with Crippen LogP contribution >= 0.6 is 23.2 Å². The average molecular weight is 383 g/mol. The Labute approximate surface area is 158 Å². The lowest BCUT2D eigenvalue weighted by molar-refractivity contribution is 0.219. The van der Waals surface area contributed by atoms with Crippen LogP contribution in [-0.4, -0.2) is 30.0 Å². The number of para-hydroxylation sites is 1. The molecular weight excluding hydrogens is 359 g/mol. The molecule has 1 aromatic rings. The van der Waals surface area contributed by atoms with Crippen LogP contribution in [0.1, 0.15) is 38.5 Å². The van der Waals surface area contributed by atoms with Gasteiger partial charge in [-0.2, -0.15) is 0 Å². The highest BCUT2D eigenvalue weighted by Gasteiger charge is 2.26. The number of benzene rings is 1. The quantitative estimate of drug-likeness (QED) is 0.536. The molecule has 0 heterocycles. The SMILES string of the molecule is NC(=Nc1c(Cl)cccc1Cl)N(CCC1CC1)C(=O)NCCC1CC1. The molecule has 3 rings (SSSR count). The van der Waals surface area contributed by atoms with Crippen LogP contribution in [0.2, 0.25) is 10.0 Å². The number of amides is 2. The zero-order valence-corrected chi connectivity index (χ0v) is 15.7. The van der Waals surface area contributed by atoms with Gasteiger partial charge in [0.15, 0.2) is 0 Å². The van der Waals surface area contributed by atoms with E-state index in [4.69, 9.17) is 28.9 Å². The number of hydrogen-bond donors (Lipinski definition) is 2. The predicted octanol–water partition coefficient (Wildman–Crippen LogP) is 4.55. The Balaban J connectivity index is 1.69. The van der Waals surface area contributed by atoms with E-state index in [0.29, 0.717) is 34.7 Å². The smallest absolute Gasteiger partial charge is 0.324 e. The largest absolute Gasteiger partial charge is 0.369 e. The van der Waals surface area contributed by atoms with Crippen LogP contribution in [0.15, 0.2) is 23.2 Å². The summed E-state index contributed by atoms with van der Waals surface area (Å²) in [4.78, 5) is 18.4. The highest BCUT2D eigenvalue weighted by Crippen LogP contribution is 2.34. The molecule has 0 aromatic heterocycles. The van der Waals surface area contributed by atoms with Crippen molar-refractivity contribution in [2.45, 2.75) is 38.5 Å². The van der Waals surface area contributed by atoms with Gasteiger partial charge in [-0.25, -0.2) is 9.79 Å². The van der Waals surface area contributed by atoms with E-state index in [9.17, 15) is 4.79 Å². The lowest BCUT2D eigenvalue weighted by Gasteiger charge is -2.22. The number of nitrogens with one attached hydrogen (secondary N) is 1. The van der Waals surface area contributed by atoms with E-state index >= 15 is 0 Å². The van der Waals surface area contributed by atoms with Crippen LogP contribution < -0.4 is 11.1 Å². The van der Waals surface area contributed by atoms with Gasteiger partial charge in [0.25, 0.3) is 0 Å². The molecule has 25 heavy (non-hydrogen) atoms. The van der Waals surface area contributed by atoms with Crippen molar-refractivity contribution in [3.8, 4) is 0 Å². The van der Waals surface area contributed by atoms with Gasteiger partial charge in [0.05, 0.1) is 10.0 Å². The van der Waals surface area contributed by atoms with Gasteiger partial charge in [-0.1, -0.05) is 55.0 Å². The summed E-state index contributed by atoms with van der Waals surface area (Å²) in [6.45, 7) is 1.22. The normalized spacial score (nSPS) is 17.4. The van der Waals surface area contributed by atoms with Crippen molar-refractivity contribution in [1.82, 2.24) is 10.2 Å². The number of aliphatic imine (C=N–C) groups is 1. The van der Waals surface area contributed by atoms with Gasteiger partial charge in [-0.15, -0.1) is 0 Å². The maximum absolute atomic E-state index is 12.6. The van der Waals surface area contributed by atoms with Crippen molar-refractivity contribution < 1.29 is 4.79 Å². The van der Waals surface area contributed by atoms with Crippen molar-refractivity contribution in [2.24, 2.45) is 22.6 Å².